The number of carbonyl (C=O) groups is 5. The number of esters is 2. The number of carbonyl (C=O) groups excluding carboxylic acids is 5. The van der Waals surface area contributed by atoms with E-state index in [1.54, 1.807) is 17.7 Å². The number of ketones is 3. The number of Topliss-reactive ketones (excluding diaryl/α,β-unsaturated/α-hetero) is 2. The van der Waals surface area contributed by atoms with E-state index in [-0.39, 0.29) is 84.3 Å². The number of fused-ring (bicyclic) bond motifs is 10. The summed E-state index contributed by atoms with van der Waals surface area (Å²) in [5.74, 6) is 0.602. The van der Waals surface area contributed by atoms with Crippen LogP contribution in [0, 0.1) is 63.1 Å². The summed E-state index contributed by atoms with van der Waals surface area (Å²) in [7, 11) is 0. The van der Waals surface area contributed by atoms with Gasteiger partial charge in [-0.1, -0.05) is 70.1 Å². The Kier molecular flexibility index (Phi) is 9.49. The minimum atomic E-state index is -1.77. The van der Waals surface area contributed by atoms with Crippen molar-refractivity contribution in [2.45, 2.75) is 143 Å². The molecular weight excluding hydrogens is 693 g/mol. The molecule has 0 spiro atoms. The standard InChI is InChI=1S/C47H62O8/c1-27-14-18-43(3)30(22-27)23-28(2)41-34-12-13-38(45(34,5)20-16-35(41)43)55-40(52)9-7-8-39(51)54-26-37(50)47(53)21-17-33-32-11-10-29-24-31(48)15-19-44(29,4)42(32)36(49)25-46(33,47)6/h15,19,22,24,28,32-35,38,41-42,53H,1,7-14,16-18,20-21,23,25-26H2,2-6H3/t28-,32?,33?,34?,35?,38+,41?,42?,43+,44+,45+,46+,47+/m1/s1. The van der Waals surface area contributed by atoms with Gasteiger partial charge in [0.05, 0.1) is 0 Å². The fourth-order valence-corrected chi connectivity index (χ4v) is 14.6. The third-order valence-electron chi connectivity index (χ3n) is 17.6. The molecule has 1 N–H and O–H groups in total. The Morgan fingerprint density at radius 1 is 0.873 bits per heavy atom. The van der Waals surface area contributed by atoms with Crippen LogP contribution in [0.15, 0.2) is 47.6 Å². The van der Waals surface area contributed by atoms with Gasteiger partial charge in [-0.2, -0.15) is 0 Å². The molecule has 0 bridgehead atoms. The minimum absolute atomic E-state index is 0.00852. The predicted octanol–water partition coefficient (Wildman–Crippen LogP) is 8.16. The van der Waals surface area contributed by atoms with Crippen LogP contribution >= 0.6 is 0 Å². The van der Waals surface area contributed by atoms with Gasteiger partial charge in [-0.15, -0.1) is 0 Å². The third kappa shape index (κ3) is 5.87. The highest BCUT2D eigenvalue weighted by molar-refractivity contribution is 6.02. The average Bonchev–Trinajstić information content (AvgIpc) is 3.60. The summed E-state index contributed by atoms with van der Waals surface area (Å²) in [6.45, 7) is 14.9. The molecule has 0 amide bonds. The van der Waals surface area contributed by atoms with Gasteiger partial charge in [0.15, 0.2) is 12.4 Å². The molecule has 0 radical (unpaired) electrons. The normalized spacial score (nSPS) is 45.5. The maximum Gasteiger partial charge on any atom is 0.306 e. The van der Waals surface area contributed by atoms with Crippen molar-refractivity contribution in [1.29, 1.82) is 0 Å². The van der Waals surface area contributed by atoms with Gasteiger partial charge < -0.3 is 14.6 Å². The molecule has 6 saturated carbocycles. The lowest BCUT2D eigenvalue weighted by Gasteiger charge is -2.60. The van der Waals surface area contributed by atoms with E-state index >= 15 is 0 Å². The Bertz CT molecular complexity index is 1800. The van der Waals surface area contributed by atoms with Crippen molar-refractivity contribution in [2.24, 2.45) is 63.1 Å². The Hall–Kier alpha value is -3.13. The second-order valence-electron chi connectivity index (χ2n) is 20.2. The molecule has 0 heterocycles. The van der Waals surface area contributed by atoms with Crippen LogP contribution in [0.1, 0.15) is 131 Å². The molecule has 8 aliphatic rings. The molecule has 13 atom stereocenters. The van der Waals surface area contributed by atoms with Crippen molar-refractivity contribution in [3.05, 3.63) is 47.6 Å². The zero-order valence-electron chi connectivity index (χ0n) is 33.8. The number of ether oxygens (including phenoxy) is 2. The Balaban J connectivity index is 0.822. The van der Waals surface area contributed by atoms with Crippen LogP contribution < -0.4 is 0 Å². The van der Waals surface area contributed by atoms with Crippen LogP contribution in [-0.2, 0) is 33.4 Å². The highest BCUT2D eigenvalue weighted by atomic mass is 16.5. The summed E-state index contributed by atoms with van der Waals surface area (Å²) in [6, 6.07) is 0. The van der Waals surface area contributed by atoms with Crippen molar-refractivity contribution < 1.29 is 38.6 Å². The summed E-state index contributed by atoms with van der Waals surface area (Å²) in [5.41, 5.74) is 0.810. The summed E-state index contributed by atoms with van der Waals surface area (Å²) < 4.78 is 11.6. The van der Waals surface area contributed by atoms with Gasteiger partial charge in [-0.3, -0.25) is 24.0 Å². The number of hydrogen-bond acceptors (Lipinski definition) is 8. The van der Waals surface area contributed by atoms with E-state index in [2.05, 4.69) is 33.4 Å². The minimum Gasteiger partial charge on any atom is -0.462 e. The van der Waals surface area contributed by atoms with Gasteiger partial charge in [0, 0.05) is 41.4 Å². The van der Waals surface area contributed by atoms with E-state index in [1.807, 2.05) is 19.9 Å². The zero-order valence-corrected chi connectivity index (χ0v) is 33.8. The maximum absolute atomic E-state index is 13.9. The van der Waals surface area contributed by atoms with E-state index in [9.17, 15) is 29.1 Å². The van der Waals surface area contributed by atoms with Crippen molar-refractivity contribution in [1.82, 2.24) is 0 Å². The molecule has 8 rings (SSSR count). The third-order valence-corrected chi connectivity index (χ3v) is 17.6. The quantitative estimate of drug-likeness (QED) is 0.246. The van der Waals surface area contributed by atoms with Gasteiger partial charge >= 0.3 is 11.9 Å². The molecular formula is C47H62O8. The van der Waals surface area contributed by atoms with E-state index in [4.69, 9.17) is 9.47 Å². The molecule has 8 nitrogen and oxygen atoms in total. The molecule has 6 unspecified atom stereocenters. The SMILES string of the molecule is C=C1C=C2C[C@@H](C)C3C(CC[C@@]4(C)C3CC[C@@H]4OC(=O)CCCC(=O)OCC(=O)[C@@]3(O)CCC4C5CCC6=CC(=O)C=C[C@]6(C)C5C(=O)C[C@@]43C)[C@@]2(C)CC1. The number of hydrogen-bond donors (Lipinski definition) is 1. The van der Waals surface area contributed by atoms with E-state index < -0.39 is 34.8 Å². The van der Waals surface area contributed by atoms with Crippen LogP contribution in [0.25, 0.3) is 0 Å². The monoisotopic (exact) mass is 754 g/mol. The molecule has 0 saturated heterocycles. The predicted molar refractivity (Wildman–Crippen MR) is 207 cm³/mol. The second kappa shape index (κ2) is 13.5. The second-order valence-corrected chi connectivity index (χ2v) is 20.2. The lowest BCUT2D eigenvalue weighted by Crippen LogP contribution is -2.60. The van der Waals surface area contributed by atoms with Crippen molar-refractivity contribution in [3.8, 4) is 0 Å². The summed E-state index contributed by atoms with van der Waals surface area (Å²) in [6.07, 6.45) is 17.7. The van der Waals surface area contributed by atoms with Crippen molar-refractivity contribution in [2.75, 3.05) is 6.61 Å². The molecule has 55 heavy (non-hydrogen) atoms. The van der Waals surface area contributed by atoms with E-state index in [0.717, 1.165) is 50.5 Å². The zero-order chi connectivity index (χ0) is 39.3. The molecule has 0 aliphatic heterocycles. The molecule has 0 aromatic heterocycles. The molecule has 0 aromatic carbocycles. The molecule has 0 aromatic rings. The Morgan fingerprint density at radius 3 is 2.40 bits per heavy atom. The van der Waals surface area contributed by atoms with Gasteiger partial charge in [0.2, 0.25) is 5.78 Å². The summed E-state index contributed by atoms with van der Waals surface area (Å²) in [4.78, 5) is 65.7. The first kappa shape index (κ1) is 38.7. The summed E-state index contributed by atoms with van der Waals surface area (Å²) in [5, 5.41) is 12.0. The van der Waals surface area contributed by atoms with Gasteiger partial charge in [0.25, 0.3) is 0 Å². The van der Waals surface area contributed by atoms with Crippen LogP contribution in [0.2, 0.25) is 0 Å². The van der Waals surface area contributed by atoms with Crippen LogP contribution in [-0.4, -0.2) is 52.7 Å². The number of allylic oxidation sites excluding steroid dienone is 7. The molecule has 6 fully saturated rings. The fourth-order valence-electron chi connectivity index (χ4n) is 14.6. The average molecular weight is 755 g/mol. The van der Waals surface area contributed by atoms with Gasteiger partial charge in [-0.05, 0) is 130 Å². The van der Waals surface area contributed by atoms with E-state index in [0.29, 0.717) is 36.5 Å². The topological polar surface area (TPSA) is 124 Å². The Morgan fingerprint density at radius 2 is 1.62 bits per heavy atom. The molecule has 298 valence electrons. The Labute approximate surface area is 327 Å². The van der Waals surface area contributed by atoms with Gasteiger partial charge in [-0.25, -0.2) is 0 Å². The fraction of sp³-hybridized carbons (Fsp3) is 0.723. The lowest BCUT2D eigenvalue weighted by atomic mass is 9.45. The molecule has 8 aliphatic carbocycles. The maximum atomic E-state index is 13.9. The van der Waals surface area contributed by atoms with Gasteiger partial charge in [0.1, 0.15) is 17.5 Å². The van der Waals surface area contributed by atoms with Crippen LogP contribution in [0.5, 0.6) is 0 Å². The highest BCUT2D eigenvalue weighted by Gasteiger charge is 2.68. The first-order valence-corrected chi connectivity index (χ1v) is 21.4. The van der Waals surface area contributed by atoms with Crippen LogP contribution in [0.4, 0.5) is 0 Å². The first-order valence-electron chi connectivity index (χ1n) is 21.4. The highest BCUT2D eigenvalue weighted by Crippen LogP contribution is 2.68. The van der Waals surface area contributed by atoms with Crippen molar-refractivity contribution >= 4 is 29.3 Å². The number of aliphatic hydroxyl groups is 1. The number of rotatable bonds is 8. The smallest absolute Gasteiger partial charge is 0.306 e. The first-order chi connectivity index (χ1) is 25.9. The largest absolute Gasteiger partial charge is 0.462 e. The van der Waals surface area contributed by atoms with Crippen LogP contribution in [0.3, 0.4) is 0 Å². The summed E-state index contributed by atoms with van der Waals surface area (Å²) >= 11 is 0. The van der Waals surface area contributed by atoms with Crippen molar-refractivity contribution in [3.63, 3.8) is 0 Å². The lowest BCUT2D eigenvalue weighted by molar-refractivity contribution is -0.172. The molecule has 8 heteroatoms. The van der Waals surface area contributed by atoms with E-state index in [1.165, 1.54) is 12.0 Å².